The standard InChI is InChI=1S/C10H14O2.C9H12O/c1-4-8-7-9(11-2)5-6-10(8)12-3;1-3-8-6-4-5-7-9(8)10-2/h5-7H,4H2,1-3H3;4-7H,3H2,1-2H3. The van der Waals surface area contributed by atoms with Crippen molar-refractivity contribution >= 4 is 0 Å². The van der Waals surface area contributed by atoms with Crippen molar-refractivity contribution in [3.63, 3.8) is 0 Å². The molecule has 0 N–H and O–H groups in total. The largest absolute Gasteiger partial charge is 0.497 e. The predicted molar refractivity (Wildman–Crippen MR) is 91.3 cm³/mol. The van der Waals surface area contributed by atoms with Crippen molar-refractivity contribution in [1.82, 2.24) is 0 Å². The molecule has 0 fully saturated rings. The first-order valence-corrected chi connectivity index (χ1v) is 7.52. The first-order chi connectivity index (χ1) is 10.7. The molecule has 22 heavy (non-hydrogen) atoms. The fourth-order valence-corrected chi connectivity index (χ4v) is 2.15. The zero-order valence-corrected chi connectivity index (χ0v) is 14.2. The van der Waals surface area contributed by atoms with Gasteiger partial charge in [-0.1, -0.05) is 32.0 Å². The van der Waals surface area contributed by atoms with Crippen LogP contribution in [-0.4, -0.2) is 21.3 Å². The van der Waals surface area contributed by atoms with Crippen LogP contribution in [0.15, 0.2) is 42.5 Å². The minimum atomic E-state index is 0.882. The van der Waals surface area contributed by atoms with E-state index in [1.54, 1.807) is 21.3 Å². The zero-order valence-electron chi connectivity index (χ0n) is 14.2. The van der Waals surface area contributed by atoms with Crippen LogP contribution in [0.5, 0.6) is 17.2 Å². The molecule has 0 amide bonds. The Balaban J connectivity index is 0.000000224. The minimum absolute atomic E-state index is 0.882. The molecule has 0 heterocycles. The maximum atomic E-state index is 5.18. The van der Waals surface area contributed by atoms with Crippen LogP contribution >= 0.6 is 0 Å². The maximum Gasteiger partial charge on any atom is 0.122 e. The number of rotatable bonds is 5. The van der Waals surface area contributed by atoms with Gasteiger partial charge in [0.1, 0.15) is 17.2 Å². The van der Waals surface area contributed by atoms with Crippen molar-refractivity contribution < 1.29 is 14.2 Å². The van der Waals surface area contributed by atoms with Crippen LogP contribution in [0.4, 0.5) is 0 Å². The number of aryl methyl sites for hydroxylation is 2. The summed E-state index contributed by atoms with van der Waals surface area (Å²) in [4.78, 5) is 0. The van der Waals surface area contributed by atoms with Gasteiger partial charge in [-0.2, -0.15) is 0 Å². The highest BCUT2D eigenvalue weighted by Crippen LogP contribution is 2.23. The molecule has 2 aromatic rings. The van der Waals surface area contributed by atoms with Gasteiger partial charge >= 0.3 is 0 Å². The van der Waals surface area contributed by atoms with Crippen LogP contribution < -0.4 is 14.2 Å². The number of methoxy groups -OCH3 is 3. The molecule has 0 saturated heterocycles. The fourth-order valence-electron chi connectivity index (χ4n) is 2.15. The quantitative estimate of drug-likeness (QED) is 0.812. The van der Waals surface area contributed by atoms with Crippen LogP contribution in [0.1, 0.15) is 25.0 Å². The number of benzene rings is 2. The molecule has 120 valence electrons. The van der Waals surface area contributed by atoms with E-state index in [-0.39, 0.29) is 0 Å². The molecule has 0 atom stereocenters. The maximum absolute atomic E-state index is 5.18. The van der Waals surface area contributed by atoms with E-state index in [1.165, 1.54) is 11.1 Å². The monoisotopic (exact) mass is 302 g/mol. The van der Waals surface area contributed by atoms with E-state index >= 15 is 0 Å². The fraction of sp³-hybridized carbons (Fsp3) is 0.368. The third kappa shape index (κ3) is 4.99. The third-order valence-corrected chi connectivity index (χ3v) is 3.44. The van der Waals surface area contributed by atoms with E-state index in [0.717, 1.165) is 30.1 Å². The van der Waals surface area contributed by atoms with Gasteiger partial charge in [-0.25, -0.2) is 0 Å². The molecule has 2 aromatic carbocycles. The second-order valence-electron chi connectivity index (χ2n) is 4.70. The highest BCUT2D eigenvalue weighted by molar-refractivity contribution is 5.40. The predicted octanol–water partition coefficient (Wildman–Crippen LogP) is 4.52. The molecular formula is C19H26O3. The summed E-state index contributed by atoms with van der Waals surface area (Å²) in [7, 11) is 5.05. The van der Waals surface area contributed by atoms with E-state index in [2.05, 4.69) is 19.9 Å². The smallest absolute Gasteiger partial charge is 0.122 e. The number of hydrogen-bond donors (Lipinski definition) is 0. The number of ether oxygens (including phenoxy) is 3. The van der Waals surface area contributed by atoms with E-state index in [9.17, 15) is 0 Å². The highest BCUT2D eigenvalue weighted by Gasteiger charge is 2.01. The Kier molecular flexibility index (Phi) is 7.90. The lowest BCUT2D eigenvalue weighted by molar-refractivity contribution is 0.399. The average Bonchev–Trinajstić information content (AvgIpc) is 2.61. The van der Waals surface area contributed by atoms with Gasteiger partial charge in [0, 0.05) is 0 Å². The molecule has 2 rings (SSSR count). The van der Waals surface area contributed by atoms with Crippen LogP contribution in [0.3, 0.4) is 0 Å². The summed E-state index contributed by atoms with van der Waals surface area (Å²) in [5.41, 5.74) is 2.45. The lowest BCUT2D eigenvalue weighted by Crippen LogP contribution is -1.91. The third-order valence-electron chi connectivity index (χ3n) is 3.44. The van der Waals surface area contributed by atoms with Crippen LogP contribution in [0.25, 0.3) is 0 Å². The Morgan fingerprint density at radius 3 is 1.77 bits per heavy atom. The van der Waals surface area contributed by atoms with Gasteiger partial charge in [0.05, 0.1) is 21.3 Å². The van der Waals surface area contributed by atoms with E-state index in [0.29, 0.717) is 0 Å². The van der Waals surface area contributed by atoms with Crippen molar-refractivity contribution in [3.05, 3.63) is 53.6 Å². The molecule has 0 aliphatic heterocycles. The zero-order chi connectivity index (χ0) is 16.4. The molecule has 0 unspecified atom stereocenters. The molecule has 3 nitrogen and oxygen atoms in total. The molecule has 0 radical (unpaired) electrons. The molecule has 0 spiro atoms. The summed E-state index contributed by atoms with van der Waals surface area (Å²) in [6.07, 6.45) is 1.99. The molecule has 0 saturated carbocycles. The normalized spacial score (nSPS) is 9.50. The van der Waals surface area contributed by atoms with Gasteiger partial charge in [-0.3, -0.25) is 0 Å². The van der Waals surface area contributed by atoms with Gasteiger partial charge in [-0.15, -0.1) is 0 Å². The summed E-state index contributed by atoms with van der Waals surface area (Å²) in [5, 5.41) is 0. The lowest BCUT2D eigenvalue weighted by atomic mass is 10.1. The van der Waals surface area contributed by atoms with E-state index < -0.39 is 0 Å². The average molecular weight is 302 g/mol. The van der Waals surface area contributed by atoms with Gasteiger partial charge in [-0.05, 0) is 48.2 Å². The summed E-state index contributed by atoms with van der Waals surface area (Å²) < 4.78 is 15.4. The van der Waals surface area contributed by atoms with E-state index in [4.69, 9.17) is 14.2 Å². The Morgan fingerprint density at radius 2 is 1.27 bits per heavy atom. The lowest BCUT2D eigenvalue weighted by Gasteiger charge is -2.07. The molecule has 0 aliphatic rings. The summed E-state index contributed by atoms with van der Waals surface area (Å²) >= 11 is 0. The van der Waals surface area contributed by atoms with Crippen molar-refractivity contribution in [1.29, 1.82) is 0 Å². The van der Waals surface area contributed by atoms with E-state index in [1.807, 2.05) is 36.4 Å². The Hall–Kier alpha value is -2.16. The number of hydrogen-bond acceptors (Lipinski definition) is 3. The molecule has 3 heteroatoms. The molecule has 0 bridgehead atoms. The Labute approximate surface area is 133 Å². The van der Waals surface area contributed by atoms with Crippen LogP contribution in [-0.2, 0) is 12.8 Å². The summed E-state index contributed by atoms with van der Waals surface area (Å²) in [6.45, 7) is 4.22. The summed E-state index contributed by atoms with van der Waals surface area (Å²) in [5.74, 6) is 2.80. The SMILES string of the molecule is CCc1cc(OC)ccc1OC.CCc1ccccc1OC. The van der Waals surface area contributed by atoms with Crippen molar-refractivity contribution in [2.45, 2.75) is 26.7 Å². The molecular weight excluding hydrogens is 276 g/mol. The van der Waals surface area contributed by atoms with Gasteiger partial charge < -0.3 is 14.2 Å². The van der Waals surface area contributed by atoms with Crippen LogP contribution in [0.2, 0.25) is 0 Å². The second-order valence-corrected chi connectivity index (χ2v) is 4.70. The second kappa shape index (κ2) is 9.72. The van der Waals surface area contributed by atoms with Crippen molar-refractivity contribution in [2.24, 2.45) is 0 Å². The molecule has 0 aliphatic carbocycles. The van der Waals surface area contributed by atoms with Crippen molar-refractivity contribution in [2.75, 3.05) is 21.3 Å². The first kappa shape index (κ1) is 17.9. The van der Waals surface area contributed by atoms with Gasteiger partial charge in [0.25, 0.3) is 0 Å². The summed E-state index contributed by atoms with van der Waals surface area (Å²) in [6, 6.07) is 13.9. The first-order valence-electron chi connectivity index (χ1n) is 7.52. The number of para-hydroxylation sites is 1. The van der Waals surface area contributed by atoms with Gasteiger partial charge in [0.2, 0.25) is 0 Å². The topological polar surface area (TPSA) is 27.7 Å². The highest BCUT2D eigenvalue weighted by atomic mass is 16.5. The molecule has 0 aromatic heterocycles. The Bertz CT molecular complexity index is 541. The Morgan fingerprint density at radius 1 is 0.682 bits per heavy atom. The minimum Gasteiger partial charge on any atom is -0.497 e. The van der Waals surface area contributed by atoms with Gasteiger partial charge in [0.15, 0.2) is 0 Å². The van der Waals surface area contributed by atoms with Crippen LogP contribution in [0, 0.1) is 0 Å². The van der Waals surface area contributed by atoms with Crippen molar-refractivity contribution in [3.8, 4) is 17.2 Å².